The Labute approximate surface area is 604 Å². The normalized spacial score (nSPS) is 11.7. The maximum absolute atomic E-state index is 4.94. The average molecular weight is 1370 g/mol. The molecule has 0 atom stereocenters. The SMILES string of the molecule is C.C1CCOC1.CC(C)c1cccc(C(C)C)c1-n1[c-][n+](-c2c(C(C)C)cccc2C(C)C)cc1.C[CH-]c1cccc(C(C)C)c1-n1[c-][n+](-c2c(C(C)C)cccc2C(C)C)cc1.[Cl][Cu].[Cu+2].[H-].[Na+].c1ccc2c(c1)[n-]c1ccccc12.c1ccc2c(c1)[nH]c1ccccc12. The van der Waals surface area contributed by atoms with E-state index in [0.717, 1.165) is 24.2 Å². The fraction of sp³-hybridized carbons (Fsp3) is 0.329. The molecule has 1 saturated heterocycles. The van der Waals surface area contributed by atoms with Gasteiger partial charge in [0.1, 0.15) is 0 Å². The number of H-pyrrole nitrogens is 1. The minimum Gasteiger partial charge on any atom is -1.00 e. The molecule has 1 aliphatic heterocycles. The van der Waals surface area contributed by atoms with E-state index in [4.69, 9.17) is 4.74 Å². The summed E-state index contributed by atoms with van der Waals surface area (Å²) < 4.78 is 13.7. The number of aromatic nitrogens is 6. The summed E-state index contributed by atoms with van der Waals surface area (Å²) in [6.45, 7) is 35.8. The van der Waals surface area contributed by atoms with Crippen LogP contribution < -0.4 is 43.7 Å². The average Bonchev–Trinajstić information content (AvgIpc) is 1.58. The monoisotopic (exact) mass is 1370 g/mol. The molecule has 1 N–H and O–H groups in total. The zero-order valence-corrected chi connectivity index (χ0v) is 61.7. The molecule has 4 aromatic heterocycles. The van der Waals surface area contributed by atoms with Crippen molar-refractivity contribution in [2.24, 2.45) is 0 Å². The van der Waals surface area contributed by atoms with E-state index >= 15 is 0 Å². The van der Waals surface area contributed by atoms with Crippen molar-refractivity contribution < 1.29 is 77.0 Å². The molecule has 1 radical (unpaired) electrons. The second-order valence-corrected chi connectivity index (χ2v) is 25.5. The second-order valence-electron chi connectivity index (χ2n) is 25.5. The first-order chi connectivity index (χ1) is 43.5. The molecule has 5 heterocycles. The Kier molecular flexibility index (Phi) is 31.1. The predicted octanol–water partition coefficient (Wildman–Crippen LogP) is 19.0. The van der Waals surface area contributed by atoms with Gasteiger partial charge in [-0.05, 0) is 116 Å². The molecule has 0 unspecified atom stereocenters. The van der Waals surface area contributed by atoms with E-state index in [9.17, 15) is 0 Å². The maximum atomic E-state index is 4.94. The van der Waals surface area contributed by atoms with Gasteiger partial charge in [-0.3, -0.25) is 13.7 Å². The van der Waals surface area contributed by atoms with Crippen LogP contribution >= 0.6 is 10.1 Å². The summed E-state index contributed by atoms with van der Waals surface area (Å²) in [6, 6.07) is 59.9. The summed E-state index contributed by atoms with van der Waals surface area (Å²) >= 11 is 3.66. The molecule has 12 aromatic rings. The molecule has 0 amide bonds. The number of hydrogen-bond donors (Lipinski definition) is 1. The standard InChI is InChI=1S/C27H36N2.C26H33N2.C12H9N.C12H8N.C4H8O.CH4.ClH.2Cu.Na.H/c1-18(2)22-11-9-12-23(19(3)4)26(22)28-15-16-29(17-28)27-24(20(5)6)13-10-14-25(27)21(7)8;1-8-21-11-9-12-22(18(2)3)25(21)27-15-16-28(17-27)26-23(19(4)5)13-10-14-24(26)20(6)7;2*1-3-7-11-9(5-1)10-6-2-4-8-12(10)13-11;1-2-4-5-3-1;;;;;;/h9-16,18-21H,1-8H3;8-16,18-20H,1-7H3;1-8,13H;1-8H;1-4H2;1H4;1H;;;;/q;-1;;-1;;;;+1;+2;+1;-1/p-1. The smallest absolute Gasteiger partial charge is 1.00 e. The molecule has 8 aromatic carbocycles. The molecular formula is C82H99ClCu2N6NaO. The second kappa shape index (κ2) is 37.3. The summed E-state index contributed by atoms with van der Waals surface area (Å²) in [7, 11) is 4.20. The molecule has 0 aliphatic carbocycles. The van der Waals surface area contributed by atoms with Crippen molar-refractivity contribution in [1.82, 2.24) is 19.1 Å². The Bertz CT molecular complexity index is 3860. The van der Waals surface area contributed by atoms with Gasteiger partial charge < -0.3 is 20.7 Å². The largest absolute Gasteiger partial charge is 2.00 e. The van der Waals surface area contributed by atoms with Crippen LogP contribution in [0.1, 0.15) is 211 Å². The fourth-order valence-electron chi connectivity index (χ4n) is 12.1. The molecule has 7 nitrogen and oxygen atoms in total. The van der Waals surface area contributed by atoms with Crippen molar-refractivity contribution >= 4 is 53.7 Å². The molecule has 11 heteroatoms. The topological polar surface area (TPSA) is 56.7 Å². The third-order valence-corrected chi connectivity index (χ3v) is 16.8. The molecule has 1 aliphatic rings. The number of fused-ring (bicyclic) bond motifs is 6. The number of ether oxygens (including phenoxy) is 1. The van der Waals surface area contributed by atoms with Gasteiger partial charge in [-0.15, -0.1) is 22.7 Å². The molecule has 13 rings (SSSR count). The Morgan fingerprint density at radius 3 is 1.11 bits per heavy atom. The maximum Gasteiger partial charge on any atom is 2.00 e. The van der Waals surface area contributed by atoms with Gasteiger partial charge in [-0.25, -0.2) is 0 Å². The van der Waals surface area contributed by atoms with E-state index in [1.807, 2.05) is 12.1 Å². The number of rotatable bonds is 12. The van der Waals surface area contributed by atoms with E-state index in [0.29, 0.717) is 41.4 Å². The van der Waals surface area contributed by atoms with Crippen LogP contribution in [0.15, 0.2) is 195 Å². The molecule has 0 spiro atoms. The number of nitrogens with zero attached hydrogens (tertiary/aromatic N) is 5. The summed E-state index contributed by atoms with van der Waals surface area (Å²) in [6.07, 6.45) is 20.6. The Balaban J connectivity index is 0.000000266. The van der Waals surface area contributed by atoms with Crippen molar-refractivity contribution in [3.05, 3.63) is 258 Å². The van der Waals surface area contributed by atoms with Crippen LogP contribution in [0, 0.1) is 19.1 Å². The van der Waals surface area contributed by atoms with E-state index in [1.54, 1.807) is 0 Å². The summed E-state index contributed by atoms with van der Waals surface area (Å²) in [5.74, 6) is 3.21. The van der Waals surface area contributed by atoms with Gasteiger partial charge in [-0.2, -0.15) is 12.5 Å². The van der Waals surface area contributed by atoms with E-state index in [1.165, 1.54) is 113 Å². The van der Waals surface area contributed by atoms with Crippen LogP contribution in [-0.2, 0) is 36.9 Å². The van der Waals surface area contributed by atoms with Gasteiger partial charge in [0.05, 0.1) is 22.7 Å². The predicted molar refractivity (Wildman–Crippen MR) is 384 cm³/mol. The van der Waals surface area contributed by atoms with Gasteiger partial charge in [0.15, 0.2) is 0 Å². The van der Waals surface area contributed by atoms with Gasteiger partial charge in [0, 0.05) is 59.8 Å². The summed E-state index contributed by atoms with van der Waals surface area (Å²) in [5, 5.41) is 5.10. The first-order valence-electron chi connectivity index (χ1n) is 32.4. The zero-order chi connectivity index (χ0) is 64.6. The molecular weight excluding hydrogens is 1270 g/mol. The van der Waals surface area contributed by atoms with Crippen LogP contribution in [-0.4, -0.2) is 27.3 Å². The van der Waals surface area contributed by atoms with Crippen molar-refractivity contribution in [2.75, 3.05) is 13.2 Å². The fourth-order valence-corrected chi connectivity index (χ4v) is 12.1. The number of imidazole rings is 2. The molecule has 93 heavy (non-hydrogen) atoms. The van der Waals surface area contributed by atoms with Gasteiger partial charge in [0.2, 0.25) is 0 Å². The van der Waals surface area contributed by atoms with E-state index < -0.39 is 0 Å². The van der Waals surface area contributed by atoms with Crippen molar-refractivity contribution in [3.8, 4) is 22.7 Å². The van der Waals surface area contributed by atoms with Crippen LogP contribution in [0.2, 0.25) is 0 Å². The number of para-hydroxylation sites is 8. The van der Waals surface area contributed by atoms with Crippen molar-refractivity contribution in [2.45, 2.75) is 166 Å². The molecule has 0 saturated carbocycles. The number of hydrogen-bond acceptors (Lipinski definition) is 1. The van der Waals surface area contributed by atoms with Gasteiger partial charge >= 0.3 is 71.8 Å². The van der Waals surface area contributed by atoms with Gasteiger partial charge in [0.25, 0.3) is 12.7 Å². The third kappa shape index (κ3) is 18.9. The molecule has 1 fully saturated rings. The third-order valence-electron chi connectivity index (χ3n) is 16.8. The van der Waals surface area contributed by atoms with E-state index in [-0.39, 0.29) is 55.5 Å². The van der Waals surface area contributed by atoms with Crippen molar-refractivity contribution in [3.63, 3.8) is 0 Å². The van der Waals surface area contributed by atoms with Crippen LogP contribution in [0.25, 0.3) is 66.4 Å². The zero-order valence-electron chi connectivity index (χ0n) is 58.0. The van der Waals surface area contributed by atoms with Crippen LogP contribution in [0.4, 0.5) is 0 Å². The van der Waals surface area contributed by atoms with E-state index in [2.05, 4.69) is 359 Å². The Hall–Kier alpha value is -6.06. The minimum atomic E-state index is 0. The van der Waals surface area contributed by atoms with Crippen LogP contribution in [0.3, 0.4) is 0 Å². The number of aromatic amines is 1. The Morgan fingerprint density at radius 2 is 0.763 bits per heavy atom. The number of nitrogens with one attached hydrogen (secondary N) is 1. The minimum absolute atomic E-state index is 0. The number of benzene rings is 8. The summed E-state index contributed by atoms with van der Waals surface area (Å²) in [5.41, 5.74) is 20.5. The first-order valence-corrected chi connectivity index (χ1v) is 33.7. The van der Waals surface area contributed by atoms with Gasteiger partial charge in [-0.1, -0.05) is 257 Å². The summed E-state index contributed by atoms with van der Waals surface area (Å²) in [4.78, 5) is 7.89. The number of halogens is 1. The van der Waals surface area contributed by atoms with Crippen molar-refractivity contribution in [1.29, 1.82) is 0 Å². The first kappa shape index (κ1) is 77.6. The quantitative estimate of drug-likeness (QED) is 0.0753. The molecule has 0 bridgehead atoms. The molecule has 493 valence electrons. The Morgan fingerprint density at radius 1 is 0.452 bits per heavy atom. The van der Waals surface area contributed by atoms with Crippen LogP contribution in [0.5, 0.6) is 0 Å².